The van der Waals surface area contributed by atoms with Gasteiger partial charge in [0.2, 0.25) is 17.7 Å². The van der Waals surface area contributed by atoms with Crippen molar-refractivity contribution in [2.24, 2.45) is 5.41 Å². The largest absolute Gasteiger partial charge is 0.378 e. The second-order valence-electron chi connectivity index (χ2n) is 14.1. The summed E-state index contributed by atoms with van der Waals surface area (Å²) in [5, 5.41) is 23.2. The number of pyridine rings is 2. The maximum atomic E-state index is 15.4. The van der Waals surface area contributed by atoms with Crippen molar-refractivity contribution in [3.63, 3.8) is 0 Å². The third-order valence-corrected chi connectivity index (χ3v) is 10.9. The summed E-state index contributed by atoms with van der Waals surface area (Å²) in [5.74, 6) is -1.32. The second kappa shape index (κ2) is 16.6. The Hall–Kier alpha value is -4.53. The van der Waals surface area contributed by atoms with Crippen molar-refractivity contribution in [1.82, 2.24) is 30.8 Å². The van der Waals surface area contributed by atoms with Gasteiger partial charge in [-0.15, -0.1) is 0 Å². The number of aliphatic hydroxyl groups is 1. The molecule has 0 saturated heterocycles. The van der Waals surface area contributed by atoms with E-state index in [1.54, 1.807) is 38.5 Å². The van der Waals surface area contributed by atoms with Gasteiger partial charge in [0.25, 0.3) is 5.56 Å². The van der Waals surface area contributed by atoms with Gasteiger partial charge in [-0.1, -0.05) is 26.7 Å². The van der Waals surface area contributed by atoms with Crippen molar-refractivity contribution in [2.75, 3.05) is 33.5 Å². The zero-order valence-corrected chi connectivity index (χ0v) is 31.2. The zero-order chi connectivity index (χ0) is 38.5. The minimum Gasteiger partial charge on any atom is -0.378 e. The van der Waals surface area contributed by atoms with Gasteiger partial charge < -0.3 is 35.7 Å². The Morgan fingerprint density at radius 1 is 1.11 bits per heavy atom. The number of carbonyl (C=O) groups is 4. The summed E-state index contributed by atoms with van der Waals surface area (Å²) >= 11 is 0. The maximum absolute atomic E-state index is 15.4. The number of nitrogens with one attached hydrogen (secondary N) is 4. The number of aromatic nitrogens is 2. The predicted octanol–water partition coefficient (Wildman–Crippen LogP) is 2.98. The highest BCUT2D eigenvalue weighted by Crippen LogP contribution is 2.43. The molecule has 1 fully saturated rings. The number of amides is 3. The summed E-state index contributed by atoms with van der Waals surface area (Å²) in [6.45, 7) is 7.16. The number of nitrogens with zero attached hydrogens (tertiary/aromatic N) is 2. The number of hydrogen-bond acceptors (Lipinski definition) is 9. The maximum Gasteiger partial charge on any atom is 0.254 e. The average Bonchev–Trinajstić information content (AvgIpc) is 3.64. The summed E-state index contributed by atoms with van der Waals surface area (Å²) in [7, 11) is 1.63. The third kappa shape index (κ3) is 7.90. The molecule has 0 spiro atoms. The lowest BCUT2D eigenvalue weighted by atomic mass is 9.81. The van der Waals surface area contributed by atoms with Crippen molar-refractivity contribution in [3.8, 4) is 11.4 Å². The van der Waals surface area contributed by atoms with E-state index in [2.05, 4.69) is 21.3 Å². The highest BCUT2D eigenvalue weighted by molar-refractivity contribution is 5.92. The molecule has 53 heavy (non-hydrogen) atoms. The van der Waals surface area contributed by atoms with Crippen LogP contribution >= 0.6 is 0 Å². The summed E-state index contributed by atoms with van der Waals surface area (Å²) < 4.78 is 22.8. The first-order valence-corrected chi connectivity index (χ1v) is 18.5. The molecule has 1 unspecified atom stereocenters. The van der Waals surface area contributed by atoms with Gasteiger partial charge >= 0.3 is 0 Å². The Bertz CT molecular complexity index is 1960. The highest BCUT2D eigenvalue weighted by atomic mass is 19.1. The van der Waals surface area contributed by atoms with Crippen molar-refractivity contribution in [1.29, 1.82) is 0 Å². The van der Waals surface area contributed by atoms with Gasteiger partial charge in [-0.2, -0.15) is 0 Å². The van der Waals surface area contributed by atoms with E-state index >= 15 is 4.39 Å². The lowest BCUT2D eigenvalue weighted by Gasteiger charge is -2.33. The molecular formula is C39H51FN6O7. The average molecular weight is 735 g/mol. The van der Waals surface area contributed by atoms with Crippen LogP contribution in [-0.4, -0.2) is 72.1 Å². The van der Waals surface area contributed by atoms with Crippen LogP contribution in [0.3, 0.4) is 0 Å². The molecule has 0 aliphatic heterocycles. The van der Waals surface area contributed by atoms with E-state index in [0.29, 0.717) is 66.4 Å². The van der Waals surface area contributed by atoms with Crippen molar-refractivity contribution in [3.05, 3.63) is 62.2 Å². The van der Waals surface area contributed by atoms with Crippen LogP contribution < -0.4 is 26.8 Å². The van der Waals surface area contributed by atoms with Crippen LogP contribution in [0, 0.1) is 18.2 Å². The molecule has 5 N–H and O–H groups in total. The molecule has 1 aromatic carbocycles. The molecule has 2 aliphatic rings. The molecule has 0 bridgehead atoms. The van der Waals surface area contributed by atoms with Gasteiger partial charge in [-0.3, -0.25) is 24.0 Å². The predicted molar refractivity (Wildman–Crippen MR) is 197 cm³/mol. The van der Waals surface area contributed by atoms with Gasteiger partial charge in [-0.05, 0) is 88.2 Å². The fraction of sp³-hybridized carbons (Fsp3) is 0.538. The van der Waals surface area contributed by atoms with Crippen LogP contribution in [0.15, 0.2) is 23.0 Å². The Morgan fingerprint density at radius 3 is 2.47 bits per heavy atom. The van der Waals surface area contributed by atoms with Crippen LogP contribution in [0.1, 0.15) is 93.2 Å². The molecule has 14 heteroatoms. The fourth-order valence-corrected chi connectivity index (χ4v) is 7.81. The van der Waals surface area contributed by atoms with E-state index in [0.717, 1.165) is 29.4 Å². The van der Waals surface area contributed by atoms with Crippen molar-refractivity contribution in [2.45, 2.75) is 97.2 Å². The zero-order valence-electron chi connectivity index (χ0n) is 31.2. The van der Waals surface area contributed by atoms with E-state index in [9.17, 15) is 29.1 Å². The van der Waals surface area contributed by atoms with E-state index in [1.165, 1.54) is 6.07 Å². The molecule has 1 saturated carbocycles. The minimum atomic E-state index is -1.88. The van der Waals surface area contributed by atoms with E-state index in [1.807, 2.05) is 13.0 Å². The number of rotatable bonds is 16. The molecule has 2 aliphatic carbocycles. The van der Waals surface area contributed by atoms with Gasteiger partial charge in [0.1, 0.15) is 18.1 Å². The molecule has 0 radical (unpaired) electrons. The number of halogens is 1. The Balaban J connectivity index is 1.49. The number of aldehydes is 1. The first-order valence-electron chi connectivity index (χ1n) is 18.5. The summed E-state index contributed by atoms with van der Waals surface area (Å²) in [6, 6.07) is 4.38. The molecule has 13 nitrogen and oxygen atoms in total. The van der Waals surface area contributed by atoms with E-state index < -0.39 is 28.8 Å². The molecule has 5 rings (SSSR count). The van der Waals surface area contributed by atoms with Gasteiger partial charge in [0.15, 0.2) is 6.29 Å². The summed E-state index contributed by atoms with van der Waals surface area (Å²) in [6.07, 6.45) is 4.70. The van der Waals surface area contributed by atoms with Crippen LogP contribution in [0.25, 0.3) is 22.3 Å². The molecule has 3 amide bonds. The van der Waals surface area contributed by atoms with Crippen LogP contribution in [0.2, 0.25) is 0 Å². The number of carbonyl (C=O) groups excluding carboxylic acids is 4. The molecule has 286 valence electrons. The first kappa shape index (κ1) is 39.7. The van der Waals surface area contributed by atoms with Crippen LogP contribution in [0.4, 0.5) is 4.39 Å². The lowest BCUT2D eigenvalue weighted by molar-refractivity contribution is -0.136. The van der Waals surface area contributed by atoms with Crippen molar-refractivity contribution < 1.29 is 33.4 Å². The highest BCUT2D eigenvalue weighted by Gasteiger charge is 2.43. The topological polar surface area (TPSA) is 181 Å². The lowest BCUT2D eigenvalue weighted by Crippen LogP contribution is -2.45. The normalized spacial score (nSPS) is 17.3. The molecule has 3 aromatic rings. The van der Waals surface area contributed by atoms with E-state index in [-0.39, 0.29) is 62.3 Å². The minimum absolute atomic E-state index is 0.0594. The Morgan fingerprint density at radius 2 is 1.83 bits per heavy atom. The number of benzene rings is 1. The van der Waals surface area contributed by atoms with Gasteiger partial charge in [0.05, 0.1) is 48.1 Å². The van der Waals surface area contributed by atoms with E-state index in [4.69, 9.17) is 9.72 Å². The number of hydrogen-bond donors (Lipinski definition) is 5. The smallest absolute Gasteiger partial charge is 0.254 e. The quantitative estimate of drug-likeness (QED) is 0.0840. The van der Waals surface area contributed by atoms with Gasteiger partial charge in [0, 0.05) is 29.1 Å². The number of aryl methyl sites for hydroxylation is 1. The summed E-state index contributed by atoms with van der Waals surface area (Å²) in [5.41, 5.74) is 0.676. The fourth-order valence-electron chi connectivity index (χ4n) is 7.81. The number of ether oxygens (including phenoxy) is 1. The Labute approximate surface area is 308 Å². The first-order chi connectivity index (χ1) is 25.4. The third-order valence-electron chi connectivity index (χ3n) is 10.9. The summed E-state index contributed by atoms with van der Waals surface area (Å²) in [4.78, 5) is 69.0. The monoisotopic (exact) mass is 734 g/mol. The Kier molecular flexibility index (Phi) is 12.5. The SMILES string of the molecule is CCc1c([C@](O)(C=O)CC)cc(-c2cc3c4c(c(C)c(F)cc4n2)CCC3NC(=O)C2(COCNC(=O)CNC(=O)CNC)CCCC2)n(CC)c1=O. The number of likely N-dealkylation sites (N-methyl/N-ethyl adjacent to an activating group) is 1. The molecule has 2 aromatic heterocycles. The van der Waals surface area contributed by atoms with Crippen molar-refractivity contribution >= 4 is 34.9 Å². The molecule has 2 heterocycles. The van der Waals surface area contributed by atoms with Crippen LogP contribution in [-0.2, 0) is 48.9 Å². The molecule has 2 atom stereocenters. The standard InChI is InChI=1S/C39H51FN6O7/c1-6-24-27(39(52,7-2)20-47)16-32(46(8-3)36(24)50)30-15-26-29(12-11-25-23(4)28(40)17-31(44-30)35(25)26)45-37(51)38(13-9-10-14-38)21-53-22-43-34(49)19-42-33(48)18-41-5/h15-17,20,29,41,52H,6-14,18-19,21-22H2,1-5H3,(H,42,48)(H,43,49)(H,45,51)/t29?,39-/m1/s1. The second-order valence-corrected chi connectivity index (χ2v) is 14.1. The van der Waals surface area contributed by atoms with Gasteiger partial charge in [-0.25, -0.2) is 9.37 Å². The van der Waals surface area contributed by atoms with Crippen LogP contribution in [0.5, 0.6) is 0 Å². The molecular weight excluding hydrogens is 683 g/mol.